The van der Waals surface area contributed by atoms with Crippen molar-refractivity contribution in [2.75, 3.05) is 0 Å². The van der Waals surface area contributed by atoms with Crippen LogP contribution in [-0.4, -0.2) is 27.7 Å². The van der Waals surface area contributed by atoms with Gasteiger partial charge in [-0.2, -0.15) is 0 Å². The van der Waals surface area contributed by atoms with Crippen LogP contribution in [0.15, 0.2) is 55.1 Å². The van der Waals surface area contributed by atoms with Gasteiger partial charge in [0.2, 0.25) is 5.91 Å². The Labute approximate surface area is 155 Å². The maximum atomic E-state index is 12.6. The van der Waals surface area contributed by atoms with Crippen molar-refractivity contribution in [1.82, 2.24) is 15.2 Å². The van der Waals surface area contributed by atoms with E-state index in [9.17, 15) is 9.59 Å². The van der Waals surface area contributed by atoms with Crippen LogP contribution in [0.3, 0.4) is 0 Å². The van der Waals surface area contributed by atoms with E-state index < -0.39 is 6.04 Å². The van der Waals surface area contributed by atoms with E-state index in [-0.39, 0.29) is 11.8 Å². The molecule has 4 rings (SSSR count). The van der Waals surface area contributed by atoms with Crippen molar-refractivity contribution in [3.05, 3.63) is 71.2 Å². The lowest BCUT2D eigenvalue weighted by molar-refractivity contribution is -0.124. The number of hydrogen-bond acceptors (Lipinski definition) is 4. The molecule has 0 unspecified atom stereocenters. The van der Waals surface area contributed by atoms with Gasteiger partial charge in [0.25, 0.3) is 5.91 Å². The van der Waals surface area contributed by atoms with Gasteiger partial charge >= 0.3 is 0 Å². The number of fused-ring (bicyclic) bond motifs is 2. The largest absolute Gasteiger partial charge is 0.348 e. The molecule has 2 aromatic carbocycles. The molecule has 0 bridgehead atoms. The summed E-state index contributed by atoms with van der Waals surface area (Å²) in [7, 11) is 0. The minimum Gasteiger partial charge on any atom is -0.348 e. The molecule has 26 heavy (non-hydrogen) atoms. The zero-order chi connectivity index (χ0) is 18.3. The van der Waals surface area contributed by atoms with Crippen molar-refractivity contribution in [3.8, 4) is 0 Å². The van der Waals surface area contributed by atoms with E-state index in [0.29, 0.717) is 17.8 Å². The quantitative estimate of drug-likeness (QED) is 0.772. The van der Waals surface area contributed by atoms with E-state index in [1.807, 2.05) is 42.5 Å². The highest BCUT2D eigenvalue weighted by Gasteiger charge is 2.36. The van der Waals surface area contributed by atoms with Crippen LogP contribution >= 0.6 is 11.3 Å². The van der Waals surface area contributed by atoms with Crippen molar-refractivity contribution in [2.24, 2.45) is 0 Å². The van der Waals surface area contributed by atoms with E-state index in [1.54, 1.807) is 24.3 Å². The van der Waals surface area contributed by atoms with Crippen molar-refractivity contribution < 1.29 is 9.59 Å². The highest BCUT2D eigenvalue weighted by molar-refractivity contribution is 7.18. The molecule has 130 valence electrons. The van der Waals surface area contributed by atoms with Gasteiger partial charge in [-0.15, -0.1) is 11.3 Å². The molecular formula is C20H17N3O2S. The first-order chi connectivity index (χ1) is 12.6. The number of aromatic nitrogens is 1. The van der Waals surface area contributed by atoms with Crippen LogP contribution in [0, 0.1) is 0 Å². The average molecular weight is 363 g/mol. The zero-order valence-electron chi connectivity index (χ0n) is 14.2. The summed E-state index contributed by atoms with van der Waals surface area (Å²) in [6.45, 7) is 6.04. The topological polar surface area (TPSA) is 62.3 Å². The Morgan fingerprint density at radius 2 is 1.88 bits per heavy atom. The van der Waals surface area contributed by atoms with Crippen LogP contribution in [-0.2, 0) is 11.3 Å². The fourth-order valence-corrected chi connectivity index (χ4v) is 4.04. The first kappa shape index (κ1) is 16.5. The number of thiazole rings is 1. The van der Waals surface area contributed by atoms with E-state index >= 15 is 0 Å². The maximum absolute atomic E-state index is 12.6. The number of amides is 2. The standard InChI is InChI=1S/C20H17N3O2S/c1-12-14-7-3-4-8-15(14)20(25)23(12)13(2)19(24)21-11-18-22-16-9-5-6-10-17(16)26-18/h3-10,13H,1,11H2,2H3,(H,21,24)/t13-/m0/s1. The minimum absolute atomic E-state index is 0.187. The Morgan fingerprint density at radius 1 is 1.19 bits per heavy atom. The lowest BCUT2D eigenvalue weighted by atomic mass is 10.1. The molecule has 1 aliphatic heterocycles. The van der Waals surface area contributed by atoms with E-state index in [2.05, 4.69) is 16.9 Å². The van der Waals surface area contributed by atoms with Gasteiger partial charge in [0.15, 0.2) is 0 Å². The molecule has 3 aromatic rings. The van der Waals surface area contributed by atoms with E-state index in [1.165, 1.54) is 4.90 Å². The third-order valence-electron chi connectivity index (χ3n) is 4.50. The minimum atomic E-state index is -0.642. The number of carbonyl (C=O) groups excluding carboxylic acids is 2. The molecule has 0 saturated heterocycles. The highest BCUT2D eigenvalue weighted by Crippen LogP contribution is 2.32. The molecular weight excluding hydrogens is 346 g/mol. The maximum Gasteiger partial charge on any atom is 0.259 e. The summed E-state index contributed by atoms with van der Waals surface area (Å²) < 4.78 is 1.09. The van der Waals surface area contributed by atoms with Gasteiger partial charge in [-0.3, -0.25) is 14.5 Å². The molecule has 1 N–H and O–H groups in total. The lowest BCUT2D eigenvalue weighted by Gasteiger charge is -2.24. The van der Waals surface area contributed by atoms with Crippen LogP contribution < -0.4 is 5.32 Å². The molecule has 5 nitrogen and oxygen atoms in total. The van der Waals surface area contributed by atoms with E-state index in [0.717, 1.165) is 20.8 Å². The van der Waals surface area contributed by atoms with E-state index in [4.69, 9.17) is 0 Å². The third-order valence-corrected chi connectivity index (χ3v) is 5.53. The van der Waals surface area contributed by atoms with Gasteiger partial charge < -0.3 is 5.32 Å². The number of hydrogen-bond donors (Lipinski definition) is 1. The van der Waals surface area contributed by atoms with Crippen molar-refractivity contribution in [2.45, 2.75) is 19.5 Å². The van der Waals surface area contributed by atoms with Gasteiger partial charge in [0.05, 0.1) is 16.8 Å². The second-order valence-corrected chi connectivity index (χ2v) is 7.25. The molecule has 0 fully saturated rings. The predicted octanol–water partition coefficient (Wildman–Crippen LogP) is 3.43. The number of nitrogens with one attached hydrogen (secondary N) is 1. The number of para-hydroxylation sites is 1. The van der Waals surface area contributed by atoms with Crippen molar-refractivity contribution in [3.63, 3.8) is 0 Å². The molecule has 1 aromatic heterocycles. The Balaban J connectivity index is 1.47. The summed E-state index contributed by atoms with van der Waals surface area (Å²) in [6.07, 6.45) is 0. The summed E-state index contributed by atoms with van der Waals surface area (Å²) in [6, 6.07) is 14.5. The molecule has 0 radical (unpaired) electrons. The van der Waals surface area contributed by atoms with Crippen molar-refractivity contribution >= 4 is 39.1 Å². The Bertz CT molecular complexity index is 972. The van der Waals surface area contributed by atoms with Crippen LogP contribution in [0.25, 0.3) is 15.9 Å². The Hall–Kier alpha value is -2.99. The first-order valence-electron chi connectivity index (χ1n) is 8.30. The second kappa shape index (κ2) is 6.38. The molecule has 2 amide bonds. The Kier molecular flexibility index (Phi) is 4.05. The van der Waals surface area contributed by atoms with Crippen LogP contribution in [0.5, 0.6) is 0 Å². The summed E-state index contributed by atoms with van der Waals surface area (Å²) in [5.41, 5.74) is 2.85. The Morgan fingerprint density at radius 3 is 2.62 bits per heavy atom. The SMILES string of the molecule is C=C1c2ccccc2C(=O)N1[C@@H](C)C(=O)NCc1nc2ccccc2s1. The van der Waals surface area contributed by atoms with Gasteiger partial charge in [0, 0.05) is 16.8 Å². The first-order valence-corrected chi connectivity index (χ1v) is 9.12. The highest BCUT2D eigenvalue weighted by atomic mass is 32.1. The number of rotatable bonds is 4. The predicted molar refractivity (Wildman–Crippen MR) is 103 cm³/mol. The summed E-state index contributed by atoms with van der Waals surface area (Å²) in [4.78, 5) is 31.2. The van der Waals surface area contributed by atoms with Gasteiger partial charge in [0.1, 0.15) is 11.0 Å². The molecule has 0 spiro atoms. The van der Waals surface area contributed by atoms with Gasteiger partial charge in [-0.05, 0) is 25.1 Å². The summed E-state index contributed by atoms with van der Waals surface area (Å²) >= 11 is 1.55. The normalized spacial score (nSPS) is 14.6. The lowest BCUT2D eigenvalue weighted by Crippen LogP contribution is -2.44. The number of benzene rings is 2. The molecule has 0 saturated carbocycles. The monoisotopic (exact) mass is 363 g/mol. The van der Waals surface area contributed by atoms with Crippen LogP contribution in [0.1, 0.15) is 27.9 Å². The van der Waals surface area contributed by atoms with Crippen LogP contribution in [0.2, 0.25) is 0 Å². The fourth-order valence-electron chi connectivity index (χ4n) is 3.14. The smallest absolute Gasteiger partial charge is 0.259 e. The van der Waals surface area contributed by atoms with Crippen molar-refractivity contribution in [1.29, 1.82) is 0 Å². The molecule has 1 aliphatic rings. The summed E-state index contributed by atoms with van der Waals surface area (Å²) in [5, 5.41) is 3.71. The molecule has 2 heterocycles. The van der Waals surface area contributed by atoms with Gasteiger partial charge in [-0.25, -0.2) is 4.98 Å². The second-order valence-electron chi connectivity index (χ2n) is 6.14. The molecule has 1 atom stereocenters. The summed E-state index contributed by atoms with van der Waals surface area (Å²) in [5.74, 6) is -0.417. The van der Waals surface area contributed by atoms with Gasteiger partial charge in [-0.1, -0.05) is 36.9 Å². The number of nitrogens with zero attached hydrogens (tertiary/aromatic N) is 2. The van der Waals surface area contributed by atoms with Crippen LogP contribution in [0.4, 0.5) is 0 Å². The zero-order valence-corrected chi connectivity index (χ0v) is 15.0. The fraction of sp³-hybridized carbons (Fsp3) is 0.150. The number of carbonyl (C=O) groups is 2. The average Bonchev–Trinajstić information content (AvgIpc) is 3.18. The third kappa shape index (κ3) is 2.68. The molecule has 6 heteroatoms. The molecule has 0 aliphatic carbocycles.